The van der Waals surface area contributed by atoms with Crippen molar-refractivity contribution in [1.82, 2.24) is 0 Å². The second-order valence-corrected chi connectivity index (χ2v) is 7.00. The maximum Gasteiger partial charge on any atom is 0.0952 e. The van der Waals surface area contributed by atoms with Gasteiger partial charge in [-0.3, -0.25) is 0 Å². The van der Waals surface area contributed by atoms with Gasteiger partial charge in [-0.05, 0) is 40.3 Å². The molecule has 0 heterocycles. The lowest BCUT2D eigenvalue weighted by Crippen LogP contribution is -1.86. The van der Waals surface area contributed by atoms with Crippen LogP contribution >= 0.6 is 31.9 Å². The average molecular weight is 337 g/mol. The van der Waals surface area contributed by atoms with Crippen molar-refractivity contribution in [2.24, 2.45) is 0 Å². The van der Waals surface area contributed by atoms with Gasteiger partial charge in [0, 0.05) is 0 Å². The maximum atomic E-state index is 3.51. The molecule has 0 fully saturated rings. The van der Waals surface area contributed by atoms with Gasteiger partial charge in [0.05, 0.1) is 3.74 Å². The van der Waals surface area contributed by atoms with Gasteiger partial charge in [-0.15, -0.1) is 0 Å². The molecular formula is C14H9Br2. The van der Waals surface area contributed by atoms with E-state index in [1.807, 2.05) is 0 Å². The van der Waals surface area contributed by atoms with Crippen LogP contribution in [-0.4, -0.2) is 0 Å². The Kier molecular flexibility index (Phi) is 2.64. The van der Waals surface area contributed by atoms with Crippen molar-refractivity contribution in [3.63, 3.8) is 0 Å². The quantitative estimate of drug-likeness (QED) is 0.557. The van der Waals surface area contributed by atoms with Crippen LogP contribution in [0.3, 0.4) is 0 Å². The van der Waals surface area contributed by atoms with E-state index in [-0.39, 0.29) is 3.74 Å². The first-order chi connectivity index (χ1) is 7.75. The number of benzene rings is 2. The number of hydrogen-bond acceptors (Lipinski definition) is 0. The summed E-state index contributed by atoms with van der Waals surface area (Å²) in [5.41, 5.74) is 6.57. The molecule has 0 saturated carbocycles. The molecule has 0 bridgehead atoms. The third kappa shape index (κ3) is 1.64. The summed E-state index contributed by atoms with van der Waals surface area (Å²) in [6, 6.07) is 16.4. The molecular weight excluding hydrogens is 328 g/mol. The van der Waals surface area contributed by atoms with Crippen LogP contribution in [0.2, 0.25) is 0 Å². The van der Waals surface area contributed by atoms with E-state index in [1.54, 1.807) is 0 Å². The topological polar surface area (TPSA) is 0 Å². The van der Waals surface area contributed by atoms with Crippen LogP contribution < -0.4 is 0 Å². The average Bonchev–Trinajstić information content (AvgIpc) is 2.66. The van der Waals surface area contributed by atoms with Crippen molar-refractivity contribution >= 4 is 31.9 Å². The highest BCUT2D eigenvalue weighted by Crippen LogP contribution is 2.39. The van der Waals surface area contributed by atoms with Crippen LogP contribution in [0.1, 0.15) is 20.4 Å². The molecule has 3 rings (SSSR count). The van der Waals surface area contributed by atoms with Gasteiger partial charge < -0.3 is 0 Å². The monoisotopic (exact) mass is 335 g/mol. The van der Waals surface area contributed by atoms with E-state index in [0.717, 1.165) is 12.0 Å². The number of alkyl halides is 2. The largest absolute Gasteiger partial charge is 0.0952 e. The van der Waals surface area contributed by atoms with Crippen molar-refractivity contribution in [1.29, 1.82) is 0 Å². The van der Waals surface area contributed by atoms with Crippen LogP contribution in [0.25, 0.3) is 11.1 Å². The minimum absolute atomic E-state index is 0.189. The third-order valence-electron chi connectivity index (χ3n) is 2.96. The molecule has 2 aromatic rings. The van der Waals surface area contributed by atoms with Gasteiger partial charge >= 0.3 is 0 Å². The van der Waals surface area contributed by atoms with E-state index in [9.17, 15) is 0 Å². The van der Waals surface area contributed by atoms with E-state index in [4.69, 9.17) is 0 Å². The Labute approximate surface area is 112 Å². The van der Waals surface area contributed by atoms with Crippen molar-refractivity contribution in [3.05, 3.63) is 59.2 Å². The molecule has 0 saturated heterocycles. The van der Waals surface area contributed by atoms with Gasteiger partial charge in [0.15, 0.2) is 0 Å². The zero-order valence-electron chi connectivity index (χ0n) is 8.50. The van der Waals surface area contributed by atoms with E-state index in [0.29, 0.717) is 0 Å². The molecule has 79 valence electrons. The second-order valence-electron chi connectivity index (χ2n) is 3.94. The van der Waals surface area contributed by atoms with Crippen molar-refractivity contribution in [3.8, 4) is 11.1 Å². The number of hydrogen-bond donors (Lipinski definition) is 0. The lowest BCUT2D eigenvalue weighted by molar-refractivity contribution is 1.24. The normalized spacial score (nSPS) is 12.7. The molecule has 0 aromatic heterocycles. The Morgan fingerprint density at radius 3 is 2.62 bits per heavy atom. The summed E-state index contributed by atoms with van der Waals surface area (Å²) in [6.45, 7) is 0. The Morgan fingerprint density at radius 2 is 1.81 bits per heavy atom. The van der Waals surface area contributed by atoms with Crippen LogP contribution in [0.5, 0.6) is 0 Å². The molecule has 0 aliphatic heterocycles. The lowest BCUT2D eigenvalue weighted by atomic mass is 10.0. The molecule has 0 amide bonds. The van der Waals surface area contributed by atoms with Gasteiger partial charge in [-0.2, -0.15) is 0 Å². The first kappa shape index (κ1) is 10.5. The van der Waals surface area contributed by atoms with Crippen molar-refractivity contribution in [2.45, 2.75) is 10.2 Å². The zero-order valence-corrected chi connectivity index (χ0v) is 11.7. The first-order valence-corrected chi connectivity index (χ1v) is 7.00. The van der Waals surface area contributed by atoms with Gasteiger partial charge in [-0.1, -0.05) is 68.3 Å². The molecule has 0 spiro atoms. The highest BCUT2D eigenvalue weighted by Gasteiger charge is 2.18. The summed E-state index contributed by atoms with van der Waals surface area (Å²) in [5.74, 6) is 0. The fourth-order valence-corrected chi connectivity index (χ4v) is 2.74. The molecule has 2 aromatic carbocycles. The third-order valence-corrected chi connectivity index (χ3v) is 3.95. The Hall–Kier alpha value is -0.600. The van der Waals surface area contributed by atoms with Crippen molar-refractivity contribution < 1.29 is 0 Å². The predicted molar refractivity (Wildman–Crippen MR) is 74.1 cm³/mol. The van der Waals surface area contributed by atoms with Crippen LogP contribution in [0.15, 0.2) is 36.4 Å². The van der Waals surface area contributed by atoms with Crippen LogP contribution in [0, 0.1) is 6.07 Å². The molecule has 0 unspecified atom stereocenters. The minimum atomic E-state index is 0.189. The molecule has 0 nitrogen and oxygen atoms in total. The summed E-state index contributed by atoms with van der Waals surface area (Å²) in [5, 5.41) is 0. The first-order valence-electron chi connectivity index (χ1n) is 5.17. The van der Waals surface area contributed by atoms with Gasteiger partial charge in [-0.25, -0.2) is 0 Å². The molecule has 2 heteroatoms. The molecule has 0 atom stereocenters. The highest BCUT2D eigenvalue weighted by atomic mass is 79.9. The van der Waals surface area contributed by atoms with E-state index in [2.05, 4.69) is 74.3 Å². The minimum Gasteiger partial charge on any atom is -0.0712 e. The predicted octanol–water partition coefficient (Wildman–Crippen LogP) is 4.85. The van der Waals surface area contributed by atoms with Crippen LogP contribution in [0.4, 0.5) is 0 Å². The molecule has 1 aliphatic rings. The number of halogens is 2. The van der Waals surface area contributed by atoms with Gasteiger partial charge in [0.25, 0.3) is 0 Å². The summed E-state index contributed by atoms with van der Waals surface area (Å²) >= 11 is 7.02. The number of fused-ring (bicyclic) bond motifs is 3. The zero-order chi connectivity index (χ0) is 11.1. The summed E-state index contributed by atoms with van der Waals surface area (Å²) in [7, 11) is 0. The Morgan fingerprint density at radius 1 is 1.00 bits per heavy atom. The van der Waals surface area contributed by atoms with Crippen molar-refractivity contribution in [2.75, 3.05) is 0 Å². The highest BCUT2D eigenvalue weighted by molar-refractivity contribution is 9.24. The second kappa shape index (κ2) is 4.01. The standard InChI is InChI=1S/C14H9Br2/c15-14(16)10-5-6-13-11(8-10)7-9-3-1-2-4-12(9)13/h1-6,14H,7H2. The SMILES string of the molecule is BrC(Br)c1[c]c2c(cc1)-c1ccccc1C2. The number of rotatable bonds is 1. The van der Waals surface area contributed by atoms with E-state index >= 15 is 0 Å². The summed E-state index contributed by atoms with van der Waals surface area (Å²) in [4.78, 5) is 0. The summed E-state index contributed by atoms with van der Waals surface area (Å²) < 4.78 is 0.189. The van der Waals surface area contributed by atoms with E-state index in [1.165, 1.54) is 22.3 Å². The molecule has 1 radical (unpaired) electrons. The van der Waals surface area contributed by atoms with E-state index < -0.39 is 0 Å². The Bertz CT molecular complexity index is 544. The van der Waals surface area contributed by atoms with Gasteiger partial charge in [0.1, 0.15) is 0 Å². The smallest absolute Gasteiger partial charge is 0.0712 e. The molecule has 0 N–H and O–H groups in total. The fraction of sp³-hybridized carbons (Fsp3) is 0.143. The lowest BCUT2D eigenvalue weighted by Gasteiger charge is -2.05. The molecule has 16 heavy (non-hydrogen) atoms. The fourth-order valence-electron chi connectivity index (χ4n) is 2.20. The maximum absolute atomic E-state index is 3.51. The van der Waals surface area contributed by atoms with Gasteiger partial charge in [0.2, 0.25) is 0 Å². The van der Waals surface area contributed by atoms with Crippen LogP contribution in [-0.2, 0) is 6.42 Å². The Balaban J connectivity index is 2.14. The summed E-state index contributed by atoms with van der Waals surface area (Å²) in [6.07, 6.45) is 1.01. The molecule has 1 aliphatic carbocycles.